The molecule has 0 aliphatic rings. The van der Waals surface area contributed by atoms with Gasteiger partial charge in [0.25, 0.3) is 0 Å². The number of hydrogen-bond acceptors (Lipinski definition) is 4. The van der Waals surface area contributed by atoms with Crippen molar-refractivity contribution in [2.75, 3.05) is 12.8 Å². The van der Waals surface area contributed by atoms with E-state index in [0.29, 0.717) is 27.8 Å². The Morgan fingerprint density at radius 2 is 2.18 bits per heavy atom. The second-order valence-corrected chi connectivity index (χ2v) is 3.64. The topological polar surface area (TPSA) is 76.8 Å². The fourth-order valence-corrected chi connectivity index (χ4v) is 1.91. The Balaban J connectivity index is 2.49. The molecule has 86 valence electrons. The molecule has 2 heterocycles. The van der Waals surface area contributed by atoms with E-state index in [-0.39, 0.29) is 5.75 Å². The minimum atomic E-state index is -0.441. The normalized spacial score (nSPS) is 11.2. The maximum absolute atomic E-state index is 13.6. The van der Waals surface area contributed by atoms with Gasteiger partial charge in [0.15, 0.2) is 11.6 Å². The van der Waals surface area contributed by atoms with Crippen molar-refractivity contribution in [2.24, 2.45) is 0 Å². The molecule has 0 radical (unpaired) electrons. The molecule has 6 heteroatoms. The zero-order chi connectivity index (χ0) is 12.0. The molecule has 0 unspecified atom stereocenters. The summed E-state index contributed by atoms with van der Waals surface area (Å²) in [4.78, 5) is 11.0. The van der Waals surface area contributed by atoms with Crippen LogP contribution in [0.2, 0.25) is 0 Å². The number of halogens is 1. The smallest absolute Gasteiger partial charge is 0.165 e. The third-order valence-electron chi connectivity index (χ3n) is 2.69. The maximum atomic E-state index is 13.6. The molecule has 0 amide bonds. The number of aromatic amines is 1. The quantitative estimate of drug-likeness (QED) is 0.671. The molecule has 0 saturated heterocycles. The maximum Gasteiger partial charge on any atom is 0.165 e. The minimum absolute atomic E-state index is 0.176. The van der Waals surface area contributed by atoms with Crippen LogP contribution in [-0.4, -0.2) is 22.1 Å². The SMILES string of the molecule is COc1cc2[nH]c3ncnc(N)c3c2cc1F. The van der Waals surface area contributed by atoms with Gasteiger partial charge in [0, 0.05) is 11.5 Å². The number of anilines is 1. The summed E-state index contributed by atoms with van der Waals surface area (Å²) in [5.74, 6) is 0.0607. The molecule has 0 aliphatic heterocycles. The highest BCUT2D eigenvalue weighted by Gasteiger charge is 2.12. The van der Waals surface area contributed by atoms with Gasteiger partial charge in [0.05, 0.1) is 18.0 Å². The molecular formula is C11H9FN4O. The molecule has 17 heavy (non-hydrogen) atoms. The van der Waals surface area contributed by atoms with Crippen molar-refractivity contribution in [3.8, 4) is 5.75 Å². The van der Waals surface area contributed by atoms with Crippen molar-refractivity contribution in [3.05, 3.63) is 24.3 Å². The molecule has 3 rings (SSSR count). The molecule has 0 fully saturated rings. The van der Waals surface area contributed by atoms with Crippen molar-refractivity contribution in [1.82, 2.24) is 15.0 Å². The molecule has 3 aromatic rings. The van der Waals surface area contributed by atoms with Gasteiger partial charge in [-0.1, -0.05) is 0 Å². The average molecular weight is 232 g/mol. The Bertz CT molecular complexity index is 722. The van der Waals surface area contributed by atoms with E-state index in [1.54, 1.807) is 6.07 Å². The average Bonchev–Trinajstić information content (AvgIpc) is 2.66. The molecule has 0 atom stereocenters. The first-order chi connectivity index (χ1) is 8.20. The van der Waals surface area contributed by atoms with Crippen LogP contribution in [0.25, 0.3) is 21.9 Å². The van der Waals surface area contributed by atoms with Crippen molar-refractivity contribution in [3.63, 3.8) is 0 Å². The van der Waals surface area contributed by atoms with Crippen molar-refractivity contribution in [2.45, 2.75) is 0 Å². The Morgan fingerprint density at radius 1 is 1.35 bits per heavy atom. The molecule has 1 aromatic carbocycles. The number of fused-ring (bicyclic) bond motifs is 3. The van der Waals surface area contributed by atoms with Gasteiger partial charge in [0.2, 0.25) is 0 Å². The summed E-state index contributed by atoms with van der Waals surface area (Å²) in [6.07, 6.45) is 1.36. The summed E-state index contributed by atoms with van der Waals surface area (Å²) in [6, 6.07) is 2.94. The third-order valence-corrected chi connectivity index (χ3v) is 2.69. The Morgan fingerprint density at radius 3 is 2.94 bits per heavy atom. The number of nitrogen functional groups attached to an aromatic ring is 1. The Kier molecular flexibility index (Phi) is 1.91. The molecule has 0 saturated carbocycles. The lowest BCUT2D eigenvalue weighted by molar-refractivity contribution is 0.387. The van der Waals surface area contributed by atoms with Crippen molar-refractivity contribution in [1.29, 1.82) is 0 Å². The second kappa shape index (κ2) is 3.31. The van der Waals surface area contributed by atoms with Crippen LogP contribution in [0.15, 0.2) is 18.5 Å². The monoisotopic (exact) mass is 232 g/mol. The molecule has 2 aromatic heterocycles. The first-order valence-corrected chi connectivity index (χ1v) is 4.96. The van der Waals surface area contributed by atoms with E-state index in [4.69, 9.17) is 10.5 Å². The van der Waals surface area contributed by atoms with E-state index in [9.17, 15) is 4.39 Å². The summed E-state index contributed by atoms with van der Waals surface area (Å²) in [6.45, 7) is 0. The zero-order valence-electron chi connectivity index (χ0n) is 8.99. The van der Waals surface area contributed by atoms with Gasteiger partial charge in [-0.2, -0.15) is 0 Å². The standard InChI is InChI=1S/C11H9FN4O/c1-17-8-3-7-5(2-6(8)12)9-10(13)14-4-15-11(9)16-7/h2-4H,1H3,(H3,13,14,15,16). The van der Waals surface area contributed by atoms with Gasteiger partial charge in [-0.25, -0.2) is 14.4 Å². The lowest BCUT2D eigenvalue weighted by Crippen LogP contribution is -1.91. The first kappa shape index (κ1) is 9.83. The molecule has 3 N–H and O–H groups in total. The number of H-pyrrole nitrogens is 1. The summed E-state index contributed by atoms with van der Waals surface area (Å²) in [7, 11) is 1.42. The predicted molar refractivity (Wildman–Crippen MR) is 62.3 cm³/mol. The first-order valence-electron chi connectivity index (χ1n) is 4.96. The van der Waals surface area contributed by atoms with E-state index in [1.165, 1.54) is 19.5 Å². The number of nitrogens with one attached hydrogen (secondary N) is 1. The lowest BCUT2D eigenvalue weighted by atomic mass is 10.2. The fraction of sp³-hybridized carbons (Fsp3) is 0.0909. The number of nitrogens with two attached hydrogens (primary N) is 1. The number of benzene rings is 1. The largest absolute Gasteiger partial charge is 0.494 e. The minimum Gasteiger partial charge on any atom is -0.494 e. The van der Waals surface area contributed by atoms with Crippen LogP contribution in [-0.2, 0) is 0 Å². The molecule has 0 spiro atoms. The van der Waals surface area contributed by atoms with E-state index < -0.39 is 5.82 Å². The number of methoxy groups -OCH3 is 1. The lowest BCUT2D eigenvalue weighted by Gasteiger charge is -2.01. The molecule has 0 bridgehead atoms. The third kappa shape index (κ3) is 1.30. The summed E-state index contributed by atoms with van der Waals surface area (Å²) in [5, 5.41) is 1.28. The van der Waals surface area contributed by atoms with Crippen molar-refractivity contribution >= 4 is 27.8 Å². The Labute approximate surface area is 95.4 Å². The number of ether oxygens (including phenoxy) is 1. The van der Waals surface area contributed by atoms with Crippen LogP contribution < -0.4 is 10.5 Å². The van der Waals surface area contributed by atoms with Crippen LogP contribution in [0.4, 0.5) is 10.2 Å². The molecule has 5 nitrogen and oxygen atoms in total. The van der Waals surface area contributed by atoms with Crippen molar-refractivity contribution < 1.29 is 9.13 Å². The molecule has 0 aliphatic carbocycles. The highest BCUT2D eigenvalue weighted by molar-refractivity contribution is 6.10. The summed E-state index contributed by atoms with van der Waals surface area (Å²) in [5.41, 5.74) is 7.06. The van der Waals surface area contributed by atoms with Crippen LogP contribution in [0.3, 0.4) is 0 Å². The zero-order valence-corrected chi connectivity index (χ0v) is 8.99. The van der Waals surface area contributed by atoms with E-state index in [2.05, 4.69) is 15.0 Å². The van der Waals surface area contributed by atoms with Gasteiger partial charge < -0.3 is 15.5 Å². The number of aromatic nitrogens is 3. The van der Waals surface area contributed by atoms with Gasteiger partial charge in [-0.15, -0.1) is 0 Å². The predicted octanol–water partition coefficient (Wildman–Crippen LogP) is 1.84. The number of hydrogen-bond donors (Lipinski definition) is 2. The van der Waals surface area contributed by atoms with E-state index in [1.807, 2.05) is 0 Å². The van der Waals surface area contributed by atoms with Crippen LogP contribution in [0, 0.1) is 5.82 Å². The van der Waals surface area contributed by atoms with Gasteiger partial charge in [-0.05, 0) is 6.07 Å². The number of nitrogens with zero attached hydrogens (tertiary/aromatic N) is 2. The van der Waals surface area contributed by atoms with Crippen LogP contribution >= 0.6 is 0 Å². The Hall–Kier alpha value is -2.37. The van der Waals surface area contributed by atoms with Crippen LogP contribution in [0.5, 0.6) is 5.75 Å². The number of rotatable bonds is 1. The van der Waals surface area contributed by atoms with E-state index >= 15 is 0 Å². The van der Waals surface area contributed by atoms with Gasteiger partial charge in [0.1, 0.15) is 17.8 Å². The van der Waals surface area contributed by atoms with Gasteiger partial charge >= 0.3 is 0 Å². The summed E-state index contributed by atoms with van der Waals surface area (Å²) >= 11 is 0. The molecular weight excluding hydrogens is 223 g/mol. The fourth-order valence-electron chi connectivity index (χ4n) is 1.91. The summed E-state index contributed by atoms with van der Waals surface area (Å²) < 4.78 is 18.6. The highest BCUT2D eigenvalue weighted by atomic mass is 19.1. The van der Waals surface area contributed by atoms with Gasteiger partial charge in [-0.3, -0.25) is 0 Å². The van der Waals surface area contributed by atoms with Crippen LogP contribution in [0.1, 0.15) is 0 Å². The second-order valence-electron chi connectivity index (χ2n) is 3.64. The van der Waals surface area contributed by atoms with E-state index in [0.717, 1.165) is 0 Å². The highest BCUT2D eigenvalue weighted by Crippen LogP contribution is 2.31.